The summed E-state index contributed by atoms with van der Waals surface area (Å²) in [5, 5.41) is 0. The fraction of sp³-hybridized carbons (Fsp3) is 0.0769. The van der Waals surface area contributed by atoms with E-state index in [2.05, 4.69) is 0 Å². The predicted molar refractivity (Wildman–Crippen MR) is 65.8 cm³/mol. The Kier molecular flexibility index (Phi) is 6.86. The molecule has 0 saturated heterocycles. The largest absolute Gasteiger partial charge is 1.00 e. The zero-order valence-electron chi connectivity index (χ0n) is 11.1. The average Bonchev–Trinajstić information content (AvgIpc) is 2.35. The van der Waals surface area contributed by atoms with E-state index in [1.807, 2.05) is 0 Å². The zero-order valence-corrected chi connectivity index (χ0v) is 14.2. The van der Waals surface area contributed by atoms with Crippen molar-refractivity contribution in [1.29, 1.82) is 0 Å². The van der Waals surface area contributed by atoms with Gasteiger partial charge in [0.05, 0.1) is 5.75 Å². The van der Waals surface area contributed by atoms with E-state index in [1.165, 1.54) is 18.2 Å². The fourth-order valence-electron chi connectivity index (χ4n) is 1.69. The van der Waals surface area contributed by atoms with Crippen LogP contribution >= 0.6 is 0 Å². The summed E-state index contributed by atoms with van der Waals surface area (Å²) in [7, 11) is 0. The van der Waals surface area contributed by atoms with Crippen LogP contribution < -0.4 is 61.6 Å². The average molecular weight is 326 g/mol. The van der Waals surface area contributed by atoms with E-state index in [1.54, 1.807) is 0 Å². The molecule has 0 N–H and O–H groups in total. The molecule has 106 valence electrons. The molecule has 21 heavy (non-hydrogen) atoms. The van der Waals surface area contributed by atoms with Crippen molar-refractivity contribution in [2.24, 2.45) is 0 Å². The van der Waals surface area contributed by atoms with Crippen molar-refractivity contribution in [2.75, 3.05) is 0 Å². The van der Waals surface area contributed by atoms with E-state index < -0.39 is 29.8 Å². The van der Waals surface area contributed by atoms with Crippen LogP contribution in [-0.4, -0.2) is 6.98 Å². The number of halogens is 5. The van der Waals surface area contributed by atoms with E-state index in [0.717, 1.165) is 12.1 Å². The Bertz CT molecular complexity index is 618. The predicted octanol–water partition coefficient (Wildman–Crippen LogP) is 0.602. The van der Waals surface area contributed by atoms with Crippen LogP contribution in [0.25, 0.3) is 0 Å². The Morgan fingerprint density at radius 2 is 1.57 bits per heavy atom. The summed E-state index contributed by atoms with van der Waals surface area (Å²) in [5.41, 5.74) is -0.655. The van der Waals surface area contributed by atoms with E-state index in [9.17, 15) is 21.7 Å². The molecule has 2 aromatic carbocycles. The second kappa shape index (κ2) is 7.73. The summed E-state index contributed by atoms with van der Waals surface area (Å²) in [6, 6.07) is 7.28. The van der Waals surface area contributed by atoms with Crippen molar-refractivity contribution in [3.63, 3.8) is 0 Å². The molecule has 0 spiro atoms. The third-order valence-electron chi connectivity index (χ3n) is 2.61. The van der Waals surface area contributed by atoms with Gasteiger partial charge in [-0.2, -0.15) is 0 Å². The van der Waals surface area contributed by atoms with E-state index >= 15 is 0 Å². The third-order valence-corrected chi connectivity index (χ3v) is 2.61. The van der Waals surface area contributed by atoms with Crippen LogP contribution in [0.3, 0.4) is 0 Å². The number of benzene rings is 2. The van der Waals surface area contributed by atoms with Crippen LogP contribution in [-0.2, 0) is 6.61 Å². The van der Waals surface area contributed by atoms with Gasteiger partial charge in [-0.25, -0.2) is 8.78 Å². The van der Waals surface area contributed by atoms with Gasteiger partial charge in [0.2, 0.25) is 0 Å². The minimum absolute atomic E-state index is 0. The van der Waals surface area contributed by atoms with Gasteiger partial charge in [0.15, 0.2) is 0 Å². The Balaban J connectivity index is 0.00000220. The van der Waals surface area contributed by atoms with Gasteiger partial charge < -0.3 is 17.7 Å². The van der Waals surface area contributed by atoms with Gasteiger partial charge in [0.25, 0.3) is 0 Å². The molecule has 0 aliphatic carbocycles. The van der Waals surface area contributed by atoms with Crippen molar-refractivity contribution in [2.45, 2.75) is 6.61 Å². The Morgan fingerprint density at radius 3 is 2.19 bits per heavy atom. The quantitative estimate of drug-likeness (QED) is 0.591. The molecule has 0 unspecified atom stereocenters. The summed E-state index contributed by atoms with van der Waals surface area (Å²) in [6.45, 7) is -5.59. The molecule has 0 amide bonds. The van der Waals surface area contributed by atoms with Crippen molar-refractivity contribution in [1.82, 2.24) is 0 Å². The SMILES string of the molecule is Fc1cccc(COc2cc(F)ccc2[B-](F)(F)F)c1.[K+]. The second-order valence-electron chi connectivity index (χ2n) is 4.18. The van der Waals surface area contributed by atoms with Crippen molar-refractivity contribution >= 4 is 12.4 Å². The maximum atomic E-state index is 13.0. The van der Waals surface area contributed by atoms with Crippen LogP contribution in [0.4, 0.5) is 21.7 Å². The molecule has 0 saturated carbocycles. The first-order chi connectivity index (χ1) is 9.36. The summed E-state index contributed by atoms with van der Waals surface area (Å²) >= 11 is 0. The first-order valence-corrected chi connectivity index (χ1v) is 5.73. The topological polar surface area (TPSA) is 9.23 Å². The summed E-state index contributed by atoms with van der Waals surface area (Å²) in [6.07, 6.45) is 0. The van der Waals surface area contributed by atoms with E-state index in [0.29, 0.717) is 17.7 Å². The molecule has 1 nitrogen and oxygen atoms in total. The van der Waals surface area contributed by atoms with Gasteiger partial charge in [0, 0.05) is 6.07 Å². The monoisotopic (exact) mass is 326 g/mol. The van der Waals surface area contributed by atoms with E-state index in [4.69, 9.17) is 4.74 Å². The van der Waals surface area contributed by atoms with Gasteiger partial charge >= 0.3 is 58.4 Å². The standard InChI is InChI=1S/C13H9BF5O.K/c15-10-3-1-2-9(6-10)8-20-13-7-11(16)4-5-12(13)14(17,18)19;/h1-7H,8H2;/q-1;+1. The van der Waals surface area contributed by atoms with Crippen LogP contribution in [0.15, 0.2) is 42.5 Å². The van der Waals surface area contributed by atoms with Crippen molar-refractivity contribution in [3.05, 3.63) is 59.7 Å². The normalized spacial score (nSPS) is 10.9. The van der Waals surface area contributed by atoms with Gasteiger partial charge in [0.1, 0.15) is 18.2 Å². The number of hydrogen-bond acceptors (Lipinski definition) is 1. The molecule has 0 atom stereocenters. The molecule has 8 heteroatoms. The van der Waals surface area contributed by atoms with Crippen molar-refractivity contribution in [3.8, 4) is 5.75 Å². The molecule has 0 aliphatic heterocycles. The summed E-state index contributed by atoms with van der Waals surface area (Å²) in [5.74, 6) is -1.95. The van der Waals surface area contributed by atoms with Crippen LogP contribution in [0.2, 0.25) is 0 Å². The second-order valence-corrected chi connectivity index (χ2v) is 4.18. The van der Waals surface area contributed by atoms with Gasteiger partial charge in [-0.1, -0.05) is 23.7 Å². The van der Waals surface area contributed by atoms with E-state index in [-0.39, 0.29) is 58.0 Å². The molecule has 2 rings (SSSR count). The number of hydrogen-bond donors (Lipinski definition) is 0. The van der Waals surface area contributed by atoms with Crippen LogP contribution in [0.1, 0.15) is 5.56 Å². The van der Waals surface area contributed by atoms with Gasteiger partial charge in [-0.15, -0.1) is 0 Å². The molecule has 0 aliphatic rings. The molecular formula is C13H9BF5KO. The number of rotatable bonds is 4. The van der Waals surface area contributed by atoms with Gasteiger partial charge in [-0.3, -0.25) is 0 Å². The fourth-order valence-corrected chi connectivity index (χ4v) is 1.69. The zero-order chi connectivity index (χ0) is 14.8. The maximum absolute atomic E-state index is 13.0. The Morgan fingerprint density at radius 1 is 0.905 bits per heavy atom. The smallest absolute Gasteiger partial charge is 0.492 e. The molecule has 0 fully saturated rings. The minimum atomic E-state index is -5.31. The molecular weight excluding hydrogens is 317 g/mol. The Hall–Kier alpha value is -0.409. The van der Waals surface area contributed by atoms with Crippen LogP contribution in [0.5, 0.6) is 5.75 Å². The molecule has 0 aromatic heterocycles. The first-order valence-electron chi connectivity index (χ1n) is 5.73. The van der Waals surface area contributed by atoms with Crippen molar-refractivity contribution < 1.29 is 77.8 Å². The molecule has 0 heterocycles. The molecule has 0 radical (unpaired) electrons. The summed E-state index contributed by atoms with van der Waals surface area (Å²) in [4.78, 5) is 0. The summed E-state index contributed by atoms with van der Waals surface area (Å²) < 4.78 is 69.2. The number of ether oxygens (including phenoxy) is 1. The van der Waals surface area contributed by atoms with Gasteiger partial charge in [-0.05, 0) is 23.8 Å². The molecule has 2 aromatic rings. The maximum Gasteiger partial charge on any atom is 1.00 e. The first kappa shape index (κ1) is 18.6. The Labute approximate surface area is 161 Å². The van der Waals surface area contributed by atoms with Crippen LogP contribution in [0, 0.1) is 11.6 Å². The third kappa shape index (κ3) is 5.37. The molecule has 0 bridgehead atoms. The minimum Gasteiger partial charge on any atom is -0.492 e.